The third-order valence-electron chi connectivity index (χ3n) is 5.69. The molecule has 156 valence electrons. The van der Waals surface area contributed by atoms with E-state index in [0.29, 0.717) is 38.9 Å². The van der Waals surface area contributed by atoms with Gasteiger partial charge in [0.1, 0.15) is 6.04 Å². The number of hydrogen-bond acceptors (Lipinski definition) is 4. The minimum Gasteiger partial charge on any atom is -0.347 e. The van der Waals surface area contributed by atoms with Crippen LogP contribution in [-0.4, -0.2) is 58.5 Å². The van der Waals surface area contributed by atoms with E-state index in [1.54, 1.807) is 0 Å². The third-order valence-corrected chi connectivity index (χ3v) is 5.69. The van der Waals surface area contributed by atoms with E-state index in [0.717, 1.165) is 5.56 Å². The van der Waals surface area contributed by atoms with E-state index in [9.17, 15) is 19.2 Å². The van der Waals surface area contributed by atoms with Gasteiger partial charge in [-0.1, -0.05) is 44.2 Å². The highest BCUT2D eigenvalue weighted by atomic mass is 16.2. The lowest BCUT2D eigenvalue weighted by molar-refractivity contribution is -0.143. The molecular weight excluding hydrogens is 370 g/mol. The number of rotatable bonds is 6. The molecular formula is C22H29N3O4. The van der Waals surface area contributed by atoms with Crippen LogP contribution in [0.3, 0.4) is 0 Å². The predicted molar refractivity (Wildman–Crippen MR) is 108 cm³/mol. The van der Waals surface area contributed by atoms with Crippen LogP contribution >= 0.6 is 0 Å². The highest BCUT2D eigenvalue weighted by Gasteiger charge is 2.39. The van der Waals surface area contributed by atoms with Crippen molar-refractivity contribution in [2.75, 3.05) is 13.1 Å². The van der Waals surface area contributed by atoms with Crippen LogP contribution in [0.4, 0.5) is 0 Å². The Labute approximate surface area is 171 Å². The first-order chi connectivity index (χ1) is 13.9. The zero-order valence-corrected chi connectivity index (χ0v) is 17.1. The second-order valence-electron chi connectivity index (χ2n) is 8.15. The molecule has 1 N–H and O–H groups in total. The highest BCUT2D eigenvalue weighted by molar-refractivity contribution is 6.38. The van der Waals surface area contributed by atoms with Gasteiger partial charge in [0.05, 0.1) is 0 Å². The maximum atomic E-state index is 12.8. The van der Waals surface area contributed by atoms with Crippen LogP contribution in [-0.2, 0) is 25.7 Å². The molecule has 1 aromatic carbocycles. The van der Waals surface area contributed by atoms with E-state index in [-0.39, 0.29) is 30.2 Å². The lowest BCUT2D eigenvalue weighted by Crippen LogP contribution is -2.51. The summed E-state index contributed by atoms with van der Waals surface area (Å²) in [5, 5.41) is 2.82. The Hall–Kier alpha value is -2.70. The maximum Gasteiger partial charge on any atom is 0.289 e. The maximum absolute atomic E-state index is 12.8. The van der Waals surface area contributed by atoms with Crippen LogP contribution in [0.5, 0.6) is 0 Å². The standard InChI is InChI=1S/C22H29N3O4/c1-15(2)22(29)24-12-10-17(11-13-24)23-21(28)20(27)18-8-9-19(26)25(18)14-16-6-4-3-5-7-16/h3-7,15,17-18H,8-14H2,1-2H3,(H,23,28)/t18-/m1/s1. The number of ketones is 1. The van der Waals surface area contributed by atoms with Gasteiger partial charge in [0, 0.05) is 38.0 Å². The van der Waals surface area contributed by atoms with E-state index in [1.165, 1.54) is 4.90 Å². The Morgan fingerprint density at radius 2 is 1.72 bits per heavy atom. The number of Topliss-reactive ketones (excluding diaryl/α,β-unsaturated/α-hetero) is 1. The van der Waals surface area contributed by atoms with Crippen LogP contribution in [0.1, 0.15) is 45.1 Å². The number of carbonyl (C=O) groups is 4. The van der Waals surface area contributed by atoms with Crippen molar-refractivity contribution in [1.29, 1.82) is 0 Å². The predicted octanol–water partition coefficient (Wildman–Crippen LogP) is 1.51. The molecule has 0 aromatic heterocycles. The zero-order valence-electron chi connectivity index (χ0n) is 17.1. The van der Waals surface area contributed by atoms with Crippen molar-refractivity contribution >= 4 is 23.5 Å². The number of likely N-dealkylation sites (tertiary alicyclic amines) is 2. The van der Waals surface area contributed by atoms with Crippen LogP contribution < -0.4 is 5.32 Å². The Morgan fingerprint density at radius 3 is 2.34 bits per heavy atom. The fourth-order valence-corrected chi connectivity index (χ4v) is 4.00. The molecule has 1 aromatic rings. The molecule has 0 aliphatic carbocycles. The highest BCUT2D eigenvalue weighted by Crippen LogP contribution is 2.22. The van der Waals surface area contributed by atoms with Crippen LogP contribution in [0.2, 0.25) is 0 Å². The lowest BCUT2D eigenvalue weighted by Gasteiger charge is -2.33. The third kappa shape index (κ3) is 5.02. The van der Waals surface area contributed by atoms with Crippen molar-refractivity contribution in [3.05, 3.63) is 35.9 Å². The minimum atomic E-state index is -0.703. The molecule has 7 heteroatoms. The van der Waals surface area contributed by atoms with Gasteiger partial charge in [-0.25, -0.2) is 0 Å². The number of hydrogen-bond donors (Lipinski definition) is 1. The second kappa shape index (κ2) is 9.20. The van der Waals surface area contributed by atoms with Gasteiger partial charge in [0.25, 0.3) is 5.91 Å². The van der Waals surface area contributed by atoms with Gasteiger partial charge in [0.15, 0.2) is 0 Å². The molecule has 1 atom stereocenters. The van der Waals surface area contributed by atoms with Crippen molar-refractivity contribution < 1.29 is 19.2 Å². The zero-order chi connectivity index (χ0) is 21.0. The summed E-state index contributed by atoms with van der Waals surface area (Å²) in [6.07, 6.45) is 1.93. The molecule has 0 spiro atoms. The Balaban J connectivity index is 1.55. The Kier molecular flexibility index (Phi) is 6.67. The van der Waals surface area contributed by atoms with Crippen molar-refractivity contribution in [1.82, 2.24) is 15.1 Å². The summed E-state index contributed by atoms with van der Waals surface area (Å²) in [5.74, 6) is -1.20. The molecule has 7 nitrogen and oxygen atoms in total. The molecule has 2 heterocycles. The van der Waals surface area contributed by atoms with E-state index in [4.69, 9.17) is 0 Å². The minimum absolute atomic E-state index is 0.0433. The lowest BCUT2D eigenvalue weighted by atomic mass is 10.0. The summed E-state index contributed by atoms with van der Waals surface area (Å²) < 4.78 is 0. The van der Waals surface area contributed by atoms with Crippen molar-refractivity contribution in [3.8, 4) is 0 Å². The fourth-order valence-electron chi connectivity index (χ4n) is 4.00. The first kappa shape index (κ1) is 21.0. The monoisotopic (exact) mass is 399 g/mol. The van der Waals surface area contributed by atoms with Gasteiger partial charge < -0.3 is 15.1 Å². The summed E-state index contributed by atoms with van der Waals surface area (Å²) >= 11 is 0. The second-order valence-corrected chi connectivity index (χ2v) is 8.15. The van der Waals surface area contributed by atoms with Gasteiger partial charge in [-0.05, 0) is 24.8 Å². The number of carbonyl (C=O) groups excluding carboxylic acids is 4. The first-order valence-corrected chi connectivity index (χ1v) is 10.3. The summed E-state index contributed by atoms with van der Waals surface area (Å²) in [7, 11) is 0. The number of benzene rings is 1. The molecule has 3 rings (SSSR count). The number of nitrogens with one attached hydrogen (secondary N) is 1. The molecule has 0 saturated carbocycles. The van der Waals surface area contributed by atoms with Gasteiger partial charge in [-0.3, -0.25) is 19.2 Å². The van der Waals surface area contributed by atoms with Crippen molar-refractivity contribution in [3.63, 3.8) is 0 Å². The first-order valence-electron chi connectivity index (χ1n) is 10.3. The number of piperidine rings is 1. The van der Waals surface area contributed by atoms with Gasteiger partial charge >= 0.3 is 0 Å². The quantitative estimate of drug-likeness (QED) is 0.735. The largest absolute Gasteiger partial charge is 0.347 e. The molecule has 3 amide bonds. The molecule has 2 aliphatic rings. The SMILES string of the molecule is CC(C)C(=O)N1CCC(NC(=O)C(=O)[C@H]2CCC(=O)N2Cc2ccccc2)CC1. The number of nitrogens with zero attached hydrogens (tertiary/aromatic N) is 2. The Morgan fingerprint density at radius 1 is 1.07 bits per heavy atom. The normalized spacial score (nSPS) is 20.2. The van der Waals surface area contributed by atoms with Crippen LogP contribution in [0.15, 0.2) is 30.3 Å². The van der Waals surface area contributed by atoms with E-state index >= 15 is 0 Å². The summed E-state index contributed by atoms with van der Waals surface area (Å²) in [6, 6.07) is 8.64. The topological polar surface area (TPSA) is 86.8 Å². The molecule has 0 unspecified atom stereocenters. The molecule has 0 radical (unpaired) electrons. The van der Waals surface area contributed by atoms with Crippen LogP contribution in [0.25, 0.3) is 0 Å². The van der Waals surface area contributed by atoms with E-state index in [2.05, 4.69) is 5.32 Å². The van der Waals surface area contributed by atoms with Gasteiger partial charge in [0.2, 0.25) is 17.6 Å². The molecule has 0 bridgehead atoms. The average Bonchev–Trinajstić information content (AvgIpc) is 3.08. The van der Waals surface area contributed by atoms with Gasteiger partial charge in [-0.15, -0.1) is 0 Å². The molecule has 2 aliphatic heterocycles. The molecule has 2 saturated heterocycles. The smallest absolute Gasteiger partial charge is 0.289 e. The Bertz CT molecular complexity index is 770. The van der Waals surface area contributed by atoms with Crippen LogP contribution in [0, 0.1) is 5.92 Å². The molecule has 29 heavy (non-hydrogen) atoms. The van der Waals surface area contributed by atoms with Crippen molar-refractivity contribution in [2.45, 2.75) is 58.2 Å². The van der Waals surface area contributed by atoms with Gasteiger partial charge in [-0.2, -0.15) is 0 Å². The molecule has 2 fully saturated rings. The van der Waals surface area contributed by atoms with E-state index in [1.807, 2.05) is 49.1 Å². The fraction of sp³-hybridized carbons (Fsp3) is 0.545. The number of amides is 3. The summed E-state index contributed by atoms with van der Waals surface area (Å²) in [4.78, 5) is 53.0. The summed E-state index contributed by atoms with van der Waals surface area (Å²) in [6.45, 7) is 5.24. The average molecular weight is 399 g/mol. The van der Waals surface area contributed by atoms with Crippen molar-refractivity contribution in [2.24, 2.45) is 5.92 Å². The van der Waals surface area contributed by atoms with E-state index < -0.39 is 17.7 Å². The summed E-state index contributed by atoms with van der Waals surface area (Å²) in [5.41, 5.74) is 0.933.